The molecular formula is C23H28N4O. The van der Waals surface area contributed by atoms with Gasteiger partial charge in [0.2, 0.25) is 0 Å². The van der Waals surface area contributed by atoms with Gasteiger partial charge in [0.25, 0.3) is 5.56 Å². The van der Waals surface area contributed by atoms with Crippen molar-refractivity contribution in [3.8, 4) is 11.1 Å². The summed E-state index contributed by atoms with van der Waals surface area (Å²) >= 11 is 0. The van der Waals surface area contributed by atoms with E-state index in [4.69, 9.17) is 4.98 Å². The van der Waals surface area contributed by atoms with E-state index in [0.29, 0.717) is 11.7 Å². The largest absolute Gasteiger partial charge is 0.381 e. The highest BCUT2D eigenvalue weighted by molar-refractivity contribution is 5.72. The molecule has 1 fully saturated rings. The van der Waals surface area contributed by atoms with Crippen LogP contribution in [0.25, 0.3) is 16.8 Å². The van der Waals surface area contributed by atoms with Crippen molar-refractivity contribution in [3.05, 3.63) is 64.2 Å². The molecule has 1 atom stereocenters. The van der Waals surface area contributed by atoms with Gasteiger partial charge in [0, 0.05) is 24.5 Å². The Morgan fingerprint density at radius 1 is 1.29 bits per heavy atom. The maximum absolute atomic E-state index is 13.3. The van der Waals surface area contributed by atoms with Crippen molar-refractivity contribution in [1.82, 2.24) is 14.7 Å². The number of fused-ring (bicyclic) bond motifs is 1. The van der Waals surface area contributed by atoms with E-state index in [-0.39, 0.29) is 5.56 Å². The Kier molecular flexibility index (Phi) is 5.44. The molecule has 2 aromatic heterocycles. The number of anilines is 1. The number of unbranched alkanes of at least 4 members (excludes halogenated alkanes) is 1. The summed E-state index contributed by atoms with van der Waals surface area (Å²) in [6.07, 6.45) is 5.86. The Morgan fingerprint density at radius 2 is 2.18 bits per heavy atom. The second-order valence-corrected chi connectivity index (χ2v) is 7.63. The third-order valence-electron chi connectivity index (χ3n) is 5.50. The highest BCUT2D eigenvalue weighted by Gasteiger charge is 2.18. The fraction of sp³-hybridized carbons (Fsp3) is 0.391. The first kappa shape index (κ1) is 18.7. The lowest BCUT2D eigenvalue weighted by molar-refractivity contribution is 0.774. The van der Waals surface area contributed by atoms with E-state index >= 15 is 0 Å². The molecule has 28 heavy (non-hydrogen) atoms. The molecule has 1 aliphatic rings. The van der Waals surface area contributed by atoms with Crippen molar-refractivity contribution in [1.29, 1.82) is 0 Å². The van der Waals surface area contributed by atoms with Gasteiger partial charge in [0.15, 0.2) is 0 Å². The molecule has 5 nitrogen and oxygen atoms in total. The number of benzene rings is 1. The summed E-state index contributed by atoms with van der Waals surface area (Å²) in [7, 11) is 0. The Morgan fingerprint density at radius 3 is 2.93 bits per heavy atom. The van der Waals surface area contributed by atoms with Crippen LogP contribution in [-0.2, 0) is 6.42 Å². The third-order valence-corrected chi connectivity index (χ3v) is 5.50. The van der Waals surface area contributed by atoms with Gasteiger partial charge in [-0.05, 0) is 68.1 Å². The van der Waals surface area contributed by atoms with Crippen LogP contribution in [0.3, 0.4) is 0 Å². The van der Waals surface area contributed by atoms with Gasteiger partial charge >= 0.3 is 0 Å². The predicted molar refractivity (Wildman–Crippen MR) is 115 cm³/mol. The molecule has 5 heteroatoms. The summed E-state index contributed by atoms with van der Waals surface area (Å²) in [5, 5.41) is 6.97. The zero-order chi connectivity index (χ0) is 19.5. The smallest absolute Gasteiger partial charge is 0.266 e. The highest BCUT2D eigenvalue weighted by Crippen LogP contribution is 2.27. The predicted octanol–water partition coefficient (Wildman–Crippen LogP) is 3.79. The van der Waals surface area contributed by atoms with E-state index in [9.17, 15) is 4.79 Å². The van der Waals surface area contributed by atoms with Crippen molar-refractivity contribution in [2.45, 2.75) is 45.6 Å². The van der Waals surface area contributed by atoms with Crippen LogP contribution in [0.1, 0.15) is 37.4 Å². The van der Waals surface area contributed by atoms with Crippen LogP contribution >= 0.6 is 0 Å². The molecule has 1 saturated heterocycles. The first-order chi connectivity index (χ1) is 13.7. The average molecular weight is 377 g/mol. The molecular weight excluding hydrogens is 348 g/mol. The summed E-state index contributed by atoms with van der Waals surface area (Å²) in [5.74, 6) is 0. The molecule has 3 aromatic rings. The summed E-state index contributed by atoms with van der Waals surface area (Å²) in [5.41, 5.74) is 5.57. The van der Waals surface area contributed by atoms with Gasteiger partial charge in [-0.25, -0.2) is 4.98 Å². The molecule has 0 bridgehead atoms. The minimum Gasteiger partial charge on any atom is -0.381 e. The average Bonchev–Trinajstić information content (AvgIpc) is 3.20. The standard InChI is InChI=1S/C23H28N4O/c1-3-4-7-20-22(23(28)27-13-6-5-8-21(27)26-20)19-10-9-17(14-16(19)2)25-18-11-12-24-15-18/h5-6,8-10,13-14,18,24-25H,3-4,7,11-12,15H2,1-2H3/t18-/m1/s1. The lowest BCUT2D eigenvalue weighted by Crippen LogP contribution is -2.22. The second kappa shape index (κ2) is 8.15. The molecule has 1 aromatic carbocycles. The third kappa shape index (κ3) is 3.67. The van der Waals surface area contributed by atoms with E-state index in [1.165, 1.54) is 0 Å². The molecule has 4 rings (SSSR count). The first-order valence-corrected chi connectivity index (χ1v) is 10.3. The van der Waals surface area contributed by atoms with Crippen LogP contribution in [0.5, 0.6) is 0 Å². The van der Waals surface area contributed by atoms with Crippen molar-refractivity contribution in [3.63, 3.8) is 0 Å². The minimum absolute atomic E-state index is 0.0144. The van der Waals surface area contributed by atoms with Crippen molar-refractivity contribution in [2.24, 2.45) is 0 Å². The molecule has 0 saturated carbocycles. The summed E-state index contributed by atoms with van der Waals surface area (Å²) in [6, 6.07) is 12.5. The Bertz CT molecular complexity index is 1030. The van der Waals surface area contributed by atoms with E-state index in [0.717, 1.165) is 66.8 Å². The maximum Gasteiger partial charge on any atom is 0.266 e. The van der Waals surface area contributed by atoms with Gasteiger partial charge in [-0.3, -0.25) is 9.20 Å². The topological polar surface area (TPSA) is 58.4 Å². The molecule has 2 N–H and O–H groups in total. The van der Waals surface area contributed by atoms with Gasteiger partial charge in [-0.15, -0.1) is 0 Å². The first-order valence-electron chi connectivity index (χ1n) is 10.3. The molecule has 0 spiro atoms. The maximum atomic E-state index is 13.3. The van der Waals surface area contributed by atoms with Gasteiger partial charge < -0.3 is 10.6 Å². The molecule has 0 unspecified atom stereocenters. The number of aromatic nitrogens is 2. The van der Waals surface area contributed by atoms with Crippen LogP contribution in [0, 0.1) is 6.92 Å². The van der Waals surface area contributed by atoms with E-state index in [2.05, 4.69) is 42.7 Å². The highest BCUT2D eigenvalue weighted by atomic mass is 16.1. The monoisotopic (exact) mass is 376 g/mol. The SMILES string of the molecule is CCCCc1nc2ccccn2c(=O)c1-c1ccc(N[C@@H]2CCNC2)cc1C. The summed E-state index contributed by atoms with van der Waals surface area (Å²) < 4.78 is 1.65. The van der Waals surface area contributed by atoms with Gasteiger partial charge in [0.05, 0.1) is 11.3 Å². The Balaban J connectivity index is 1.78. The number of nitrogens with zero attached hydrogens (tertiary/aromatic N) is 2. The van der Waals surface area contributed by atoms with Gasteiger partial charge in [-0.2, -0.15) is 0 Å². The lowest BCUT2D eigenvalue weighted by Gasteiger charge is -2.16. The molecule has 3 heterocycles. The number of hydrogen-bond acceptors (Lipinski definition) is 4. The fourth-order valence-electron chi connectivity index (χ4n) is 3.98. The second-order valence-electron chi connectivity index (χ2n) is 7.63. The Hall–Kier alpha value is -2.66. The van der Waals surface area contributed by atoms with E-state index in [1.54, 1.807) is 10.6 Å². The van der Waals surface area contributed by atoms with Crippen LogP contribution in [-0.4, -0.2) is 28.5 Å². The zero-order valence-electron chi connectivity index (χ0n) is 16.7. The lowest BCUT2D eigenvalue weighted by atomic mass is 9.97. The summed E-state index contributed by atoms with van der Waals surface area (Å²) in [4.78, 5) is 18.2. The zero-order valence-corrected chi connectivity index (χ0v) is 16.7. The van der Waals surface area contributed by atoms with Crippen molar-refractivity contribution < 1.29 is 0 Å². The molecule has 146 valence electrons. The van der Waals surface area contributed by atoms with Crippen LogP contribution < -0.4 is 16.2 Å². The van der Waals surface area contributed by atoms with E-state index in [1.807, 2.05) is 18.2 Å². The molecule has 0 radical (unpaired) electrons. The Labute approximate surface area is 165 Å². The van der Waals surface area contributed by atoms with Gasteiger partial charge in [-0.1, -0.05) is 25.5 Å². The minimum atomic E-state index is 0.0144. The number of rotatable bonds is 6. The van der Waals surface area contributed by atoms with Crippen LogP contribution in [0.4, 0.5) is 5.69 Å². The number of hydrogen-bond donors (Lipinski definition) is 2. The molecule has 1 aliphatic heterocycles. The number of aryl methyl sites for hydroxylation is 2. The van der Waals surface area contributed by atoms with E-state index < -0.39 is 0 Å². The van der Waals surface area contributed by atoms with Crippen LogP contribution in [0.15, 0.2) is 47.4 Å². The fourth-order valence-corrected chi connectivity index (χ4v) is 3.98. The van der Waals surface area contributed by atoms with Crippen molar-refractivity contribution >= 4 is 11.3 Å². The molecule has 0 amide bonds. The number of nitrogens with one attached hydrogen (secondary N) is 2. The quantitative estimate of drug-likeness (QED) is 0.687. The van der Waals surface area contributed by atoms with Gasteiger partial charge in [0.1, 0.15) is 5.65 Å². The molecule has 0 aliphatic carbocycles. The van der Waals surface area contributed by atoms with Crippen molar-refractivity contribution in [2.75, 3.05) is 18.4 Å². The number of pyridine rings is 1. The normalized spacial score (nSPS) is 16.6. The summed E-state index contributed by atoms with van der Waals surface area (Å²) in [6.45, 7) is 6.31. The van der Waals surface area contributed by atoms with Crippen LogP contribution in [0.2, 0.25) is 0 Å².